The summed E-state index contributed by atoms with van der Waals surface area (Å²) in [7, 11) is 0. The Bertz CT molecular complexity index is 119. The molecule has 3 aliphatic carbocycles. The molecule has 0 heterocycles. The molecule has 15 heavy (non-hydrogen) atoms. The summed E-state index contributed by atoms with van der Waals surface area (Å²) < 4.78 is 0. The van der Waals surface area contributed by atoms with Crippen LogP contribution in [0.4, 0.5) is 0 Å². The molecule has 0 amide bonds. The van der Waals surface area contributed by atoms with Crippen molar-refractivity contribution in [2.45, 2.75) is 83.5 Å². The zero-order chi connectivity index (χ0) is 10.3. The van der Waals surface area contributed by atoms with E-state index in [0.717, 1.165) is 0 Å². The summed E-state index contributed by atoms with van der Waals surface area (Å²) in [6.07, 6.45) is 19.8. The summed E-state index contributed by atoms with van der Waals surface area (Å²) in [6, 6.07) is 0. The molecular weight excluding hydrogens is 180 g/mol. The van der Waals surface area contributed by atoms with Gasteiger partial charge in [-0.05, 0) is 18.3 Å². The third kappa shape index (κ3) is 4.17. The van der Waals surface area contributed by atoms with Crippen LogP contribution in [0.15, 0.2) is 0 Å². The van der Waals surface area contributed by atoms with Gasteiger partial charge in [-0.1, -0.05) is 77.0 Å². The van der Waals surface area contributed by atoms with Gasteiger partial charge in [0.2, 0.25) is 0 Å². The Morgan fingerprint density at radius 3 is 0.800 bits per heavy atom. The monoisotopic (exact) mass is 208 g/mol. The molecule has 0 spiro atoms. The maximum absolute atomic E-state index is 1.58. The van der Waals surface area contributed by atoms with Crippen molar-refractivity contribution < 1.29 is 0 Å². The third-order valence-electron chi connectivity index (χ3n) is 4.63. The molecule has 0 atom stereocenters. The predicted octanol–water partition coefficient (Wildman–Crippen LogP) is 5.32. The van der Waals surface area contributed by atoms with Gasteiger partial charge in [0.25, 0.3) is 0 Å². The van der Waals surface area contributed by atoms with E-state index in [1.165, 1.54) is 63.2 Å². The lowest BCUT2D eigenvalue weighted by Crippen LogP contribution is -1.90. The summed E-state index contributed by atoms with van der Waals surface area (Å²) in [4.78, 5) is 0. The maximum atomic E-state index is 1.58. The highest BCUT2D eigenvalue weighted by atomic mass is 14.4. The fraction of sp³-hybridized carbons (Fsp3) is 1.00. The topological polar surface area (TPSA) is 0 Å². The SMILES string of the molecule is C1CC2CCC1C2.C1CCCCCCC1. The molecule has 3 fully saturated rings. The van der Waals surface area contributed by atoms with Gasteiger partial charge in [-0.15, -0.1) is 0 Å². The molecule has 0 nitrogen and oxygen atoms in total. The van der Waals surface area contributed by atoms with Crippen molar-refractivity contribution in [2.75, 3.05) is 0 Å². The molecule has 0 radical (unpaired) electrons. The standard InChI is InChI=1S/C8H16.C7H12/c1-2-4-6-8-7-5-3-1;1-2-7-4-3-6(1)5-7/h1-8H2;6-7H,1-5H2. The van der Waals surface area contributed by atoms with Gasteiger partial charge in [0.1, 0.15) is 0 Å². The van der Waals surface area contributed by atoms with Crippen molar-refractivity contribution in [2.24, 2.45) is 11.8 Å². The van der Waals surface area contributed by atoms with Crippen molar-refractivity contribution in [1.29, 1.82) is 0 Å². The van der Waals surface area contributed by atoms with E-state index in [9.17, 15) is 0 Å². The average Bonchev–Trinajstić information content (AvgIpc) is 2.80. The number of hydrogen-bond donors (Lipinski definition) is 0. The van der Waals surface area contributed by atoms with E-state index in [1.807, 2.05) is 0 Å². The van der Waals surface area contributed by atoms with E-state index in [2.05, 4.69) is 0 Å². The first-order valence-corrected chi connectivity index (χ1v) is 7.45. The second kappa shape index (κ2) is 6.55. The van der Waals surface area contributed by atoms with Gasteiger partial charge in [0.05, 0.1) is 0 Å². The van der Waals surface area contributed by atoms with Gasteiger partial charge >= 0.3 is 0 Å². The molecule has 0 aromatic rings. The number of hydrogen-bond acceptors (Lipinski definition) is 0. The highest BCUT2D eigenvalue weighted by Crippen LogP contribution is 2.43. The van der Waals surface area contributed by atoms with Gasteiger partial charge in [-0.2, -0.15) is 0 Å². The number of rotatable bonds is 0. The number of fused-ring (bicyclic) bond motifs is 2. The minimum atomic E-state index is 1.17. The van der Waals surface area contributed by atoms with Crippen molar-refractivity contribution in [3.8, 4) is 0 Å². The summed E-state index contributed by atoms with van der Waals surface area (Å²) in [5, 5.41) is 0. The lowest BCUT2D eigenvalue weighted by atomic mass is 10.0. The van der Waals surface area contributed by atoms with Crippen molar-refractivity contribution in [3.63, 3.8) is 0 Å². The summed E-state index contributed by atoms with van der Waals surface area (Å²) in [5.41, 5.74) is 0. The van der Waals surface area contributed by atoms with E-state index < -0.39 is 0 Å². The van der Waals surface area contributed by atoms with Gasteiger partial charge in [0.15, 0.2) is 0 Å². The van der Waals surface area contributed by atoms with Crippen LogP contribution in [-0.2, 0) is 0 Å². The molecule has 0 aliphatic heterocycles. The van der Waals surface area contributed by atoms with E-state index >= 15 is 0 Å². The second-order valence-corrected chi connectivity index (χ2v) is 5.95. The zero-order valence-electron chi connectivity index (χ0n) is 10.3. The fourth-order valence-electron chi connectivity index (χ4n) is 3.59. The Balaban J connectivity index is 0.000000114. The Kier molecular flexibility index (Phi) is 5.02. The zero-order valence-corrected chi connectivity index (χ0v) is 10.3. The molecule has 0 unspecified atom stereocenters. The molecule has 0 heteroatoms. The molecule has 3 aliphatic rings. The fourth-order valence-corrected chi connectivity index (χ4v) is 3.59. The van der Waals surface area contributed by atoms with Crippen LogP contribution >= 0.6 is 0 Å². The molecule has 3 rings (SSSR count). The van der Waals surface area contributed by atoms with Crippen LogP contribution in [0.2, 0.25) is 0 Å². The summed E-state index contributed by atoms with van der Waals surface area (Å²) >= 11 is 0. The van der Waals surface area contributed by atoms with Crippen molar-refractivity contribution >= 4 is 0 Å². The van der Waals surface area contributed by atoms with Gasteiger partial charge in [-0.25, -0.2) is 0 Å². The molecule has 3 saturated carbocycles. The predicted molar refractivity (Wildman–Crippen MR) is 67.0 cm³/mol. The Hall–Kier alpha value is 0. The van der Waals surface area contributed by atoms with Gasteiger partial charge in [-0.3, -0.25) is 0 Å². The van der Waals surface area contributed by atoms with Gasteiger partial charge in [0, 0.05) is 0 Å². The molecule has 0 aromatic heterocycles. The Labute approximate surface area is 95.8 Å². The highest BCUT2D eigenvalue weighted by molar-refractivity contribution is 4.82. The Morgan fingerprint density at radius 2 is 0.667 bits per heavy atom. The van der Waals surface area contributed by atoms with Crippen LogP contribution in [0.5, 0.6) is 0 Å². The molecule has 88 valence electrons. The largest absolute Gasteiger partial charge is 0.0533 e. The highest BCUT2D eigenvalue weighted by Gasteiger charge is 2.30. The first kappa shape index (κ1) is 11.5. The molecular formula is C15H28. The van der Waals surface area contributed by atoms with Crippen LogP contribution in [-0.4, -0.2) is 0 Å². The van der Waals surface area contributed by atoms with Crippen LogP contribution < -0.4 is 0 Å². The lowest BCUT2D eigenvalue weighted by Gasteiger charge is -2.05. The van der Waals surface area contributed by atoms with Crippen LogP contribution in [0, 0.1) is 11.8 Å². The second-order valence-electron chi connectivity index (χ2n) is 5.95. The van der Waals surface area contributed by atoms with Crippen molar-refractivity contribution in [3.05, 3.63) is 0 Å². The van der Waals surface area contributed by atoms with E-state index in [1.54, 1.807) is 32.1 Å². The average molecular weight is 208 g/mol. The minimum Gasteiger partial charge on any atom is -0.0533 e. The molecule has 0 saturated heterocycles. The summed E-state index contributed by atoms with van der Waals surface area (Å²) in [6.45, 7) is 0. The lowest BCUT2D eigenvalue weighted by molar-refractivity contribution is 0.480. The Morgan fingerprint density at radius 1 is 0.400 bits per heavy atom. The molecule has 0 N–H and O–H groups in total. The van der Waals surface area contributed by atoms with E-state index in [0.29, 0.717) is 0 Å². The molecule has 0 aromatic carbocycles. The van der Waals surface area contributed by atoms with Crippen LogP contribution in [0.25, 0.3) is 0 Å². The normalized spacial score (nSPS) is 35.2. The minimum absolute atomic E-state index is 1.17. The smallest absolute Gasteiger partial charge is 0.0411 e. The van der Waals surface area contributed by atoms with E-state index in [-0.39, 0.29) is 0 Å². The van der Waals surface area contributed by atoms with Gasteiger partial charge < -0.3 is 0 Å². The maximum Gasteiger partial charge on any atom is -0.0411 e. The first-order chi connectivity index (χ1) is 7.45. The quantitative estimate of drug-likeness (QED) is 0.505. The first-order valence-electron chi connectivity index (χ1n) is 7.45. The van der Waals surface area contributed by atoms with Crippen LogP contribution in [0.3, 0.4) is 0 Å². The third-order valence-corrected chi connectivity index (χ3v) is 4.63. The summed E-state index contributed by atoms with van der Waals surface area (Å²) in [5.74, 6) is 2.34. The van der Waals surface area contributed by atoms with Crippen LogP contribution in [0.1, 0.15) is 83.5 Å². The van der Waals surface area contributed by atoms with Crippen molar-refractivity contribution in [1.82, 2.24) is 0 Å². The molecule has 2 bridgehead atoms. The van der Waals surface area contributed by atoms with E-state index in [4.69, 9.17) is 0 Å².